The first-order valence-electron chi connectivity index (χ1n) is 15.6. The van der Waals surface area contributed by atoms with Crippen LogP contribution in [0, 0.1) is 11.8 Å². The van der Waals surface area contributed by atoms with Gasteiger partial charge in [-0.05, 0) is 82.4 Å². The topological polar surface area (TPSA) is 12.0 Å². The van der Waals surface area contributed by atoms with E-state index in [1.165, 1.54) is 51.3 Å². The van der Waals surface area contributed by atoms with Crippen molar-refractivity contribution in [2.45, 2.75) is 61.7 Å². The maximum Gasteiger partial charge on any atom is 0.0375 e. The first kappa shape index (κ1) is 33.1. The summed E-state index contributed by atoms with van der Waals surface area (Å²) in [6, 6.07) is 17.4. The molecule has 1 heterocycles. The van der Waals surface area contributed by atoms with E-state index >= 15 is 0 Å². The molecular weight excluding hydrogens is 653 g/mol. The number of fused-ring (bicyclic) bond motifs is 1. The second kappa shape index (κ2) is 16.9. The zero-order valence-electron chi connectivity index (χ0n) is 26.0. The molecular formula is C40H46INS. The van der Waals surface area contributed by atoms with Crippen LogP contribution in [0.2, 0.25) is 0 Å². The minimum absolute atomic E-state index is 0.509. The van der Waals surface area contributed by atoms with Gasteiger partial charge in [-0.15, -0.1) is 11.8 Å². The van der Waals surface area contributed by atoms with Gasteiger partial charge in [0, 0.05) is 32.4 Å². The molecule has 1 N–H and O–H groups in total. The van der Waals surface area contributed by atoms with Crippen molar-refractivity contribution < 1.29 is 0 Å². The summed E-state index contributed by atoms with van der Waals surface area (Å²) in [5, 5.41) is 3.77. The maximum atomic E-state index is 4.40. The number of hydrogen-bond acceptors (Lipinski definition) is 2. The summed E-state index contributed by atoms with van der Waals surface area (Å²) in [5.41, 5.74) is 9.85. The third-order valence-corrected chi connectivity index (χ3v) is 10.1. The van der Waals surface area contributed by atoms with E-state index in [1.807, 2.05) is 17.8 Å². The molecule has 1 aliphatic heterocycles. The molecule has 4 rings (SSSR count). The Morgan fingerprint density at radius 1 is 1.14 bits per heavy atom. The molecule has 43 heavy (non-hydrogen) atoms. The van der Waals surface area contributed by atoms with Crippen molar-refractivity contribution in [2.75, 3.05) is 5.75 Å². The average Bonchev–Trinajstić information content (AvgIpc) is 3.09. The molecule has 0 saturated heterocycles. The van der Waals surface area contributed by atoms with E-state index in [0.717, 1.165) is 36.3 Å². The zero-order valence-corrected chi connectivity index (χ0v) is 29.0. The van der Waals surface area contributed by atoms with Crippen molar-refractivity contribution in [1.29, 1.82) is 0 Å². The van der Waals surface area contributed by atoms with Crippen molar-refractivity contribution in [1.82, 2.24) is 5.32 Å². The van der Waals surface area contributed by atoms with Crippen LogP contribution in [-0.2, 0) is 6.42 Å². The molecule has 3 atom stereocenters. The van der Waals surface area contributed by atoms with E-state index < -0.39 is 0 Å². The molecule has 224 valence electrons. The third kappa shape index (κ3) is 9.36. The van der Waals surface area contributed by atoms with E-state index in [-0.39, 0.29) is 0 Å². The summed E-state index contributed by atoms with van der Waals surface area (Å²) in [6.07, 6.45) is 25.5. The average molecular weight is 700 g/mol. The molecule has 0 radical (unpaired) electrons. The molecule has 0 amide bonds. The number of rotatable bonds is 12. The normalized spacial score (nSPS) is 20.8. The van der Waals surface area contributed by atoms with E-state index in [2.05, 4.69) is 159 Å². The van der Waals surface area contributed by atoms with Gasteiger partial charge in [0.05, 0.1) is 0 Å². The SMILES string of the molecule is C=C/C(=C\C=C/Cc1cccc(C2=C/C(=C)c3ccccc3SC/C=C\2)c1)NC1=C(C(CC)C(C)CCC)C=CC(I)C1. The Hall–Kier alpha value is -2.76. The first-order valence-corrected chi connectivity index (χ1v) is 17.9. The number of allylic oxidation sites excluding steroid dienone is 12. The second-order valence-electron chi connectivity index (χ2n) is 11.4. The van der Waals surface area contributed by atoms with Gasteiger partial charge in [-0.1, -0.05) is 148 Å². The largest absolute Gasteiger partial charge is 0.359 e. The zero-order chi connectivity index (χ0) is 30.6. The molecule has 3 unspecified atom stereocenters. The third-order valence-electron chi connectivity index (χ3n) is 8.24. The fraction of sp³-hybridized carbons (Fsp3) is 0.300. The molecule has 0 spiro atoms. The quantitative estimate of drug-likeness (QED) is 0.134. The molecule has 0 aromatic heterocycles. The summed E-state index contributed by atoms with van der Waals surface area (Å²) in [5.74, 6) is 2.20. The number of alkyl halides is 1. The van der Waals surface area contributed by atoms with Crippen LogP contribution in [0.3, 0.4) is 0 Å². The van der Waals surface area contributed by atoms with Gasteiger partial charge in [0.2, 0.25) is 0 Å². The number of nitrogens with one attached hydrogen (secondary N) is 1. The lowest BCUT2D eigenvalue weighted by molar-refractivity contribution is 0.372. The Kier molecular flexibility index (Phi) is 13.0. The molecule has 2 aromatic rings. The van der Waals surface area contributed by atoms with Crippen LogP contribution in [0.4, 0.5) is 0 Å². The highest BCUT2D eigenvalue weighted by Gasteiger charge is 2.24. The number of benzene rings is 2. The van der Waals surface area contributed by atoms with Crippen molar-refractivity contribution in [3.63, 3.8) is 0 Å². The standard InChI is InChI=1S/C40H46INS/c1-6-15-29(4)36(8-3)38-24-23-34(41)28-39(38)42-35(7-2)20-10-9-16-31-17-13-18-33(27-31)32-19-14-25-43-40-22-12-11-21-37(40)30(5)26-32/h7,9-14,17-24,26-27,29,34,36,42H,2,5-6,8,15-16,25,28H2,1,3-4H3/b10-9-,19-14-,32-26+,35-20+. The minimum Gasteiger partial charge on any atom is -0.359 e. The smallest absolute Gasteiger partial charge is 0.0375 e. The van der Waals surface area contributed by atoms with Crippen LogP contribution >= 0.6 is 34.4 Å². The molecule has 0 fully saturated rings. The highest BCUT2D eigenvalue weighted by molar-refractivity contribution is 14.1. The molecule has 2 aliphatic rings. The summed E-state index contributed by atoms with van der Waals surface area (Å²) < 4.78 is 0.509. The fourth-order valence-electron chi connectivity index (χ4n) is 6.00. The van der Waals surface area contributed by atoms with Crippen LogP contribution in [0.5, 0.6) is 0 Å². The first-order chi connectivity index (χ1) is 20.9. The van der Waals surface area contributed by atoms with Crippen LogP contribution < -0.4 is 5.32 Å². The van der Waals surface area contributed by atoms with Gasteiger partial charge in [0.15, 0.2) is 0 Å². The Bertz CT molecular complexity index is 1470. The lowest BCUT2D eigenvalue weighted by Crippen LogP contribution is -2.24. The molecule has 1 nitrogen and oxygen atoms in total. The van der Waals surface area contributed by atoms with E-state index in [1.54, 1.807) is 0 Å². The minimum atomic E-state index is 0.509. The van der Waals surface area contributed by atoms with Crippen molar-refractivity contribution in [3.8, 4) is 0 Å². The fourth-order valence-corrected chi connectivity index (χ4v) is 7.55. The molecule has 3 heteroatoms. The molecule has 2 aromatic carbocycles. The predicted molar refractivity (Wildman–Crippen MR) is 200 cm³/mol. The Morgan fingerprint density at radius 3 is 2.77 bits per heavy atom. The van der Waals surface area contributed by atoms with Crippen molar-refractivity contribution in [2.24, 2.45) is 11.8 Å². The van der Waals surface area contributed by atoms with Gasteiger partial charge in [0.1, 0.15) is 0 Å². The molecule has 1 aliphatic carbocycles. The summed E-state index contributed by atoms with van der Waals surface area (Å²) in [4.78, 5) is 1.28. The number of hydrogen-bond donors (Lipinski definition) is 1. The summed E-state index contributed by atoms with van der Waals surface area (Å²) in [7, 11) is 0. The van der Waals surface area contributed by atoms with E-state index in [4.69, 9.17) is 0 Å². The summed E-state index contributed by atoms with van der Waals surface area (Å²) in [6.45, 7) is 15.5. The highest BCUT2D eigenvalue weighted by atomic mass is 127. The Labute approximate surface area is 278 Å². The van der Waals surface area contributed by atoms with E-state index in [0.29, 0.717) is 15.8 Å². The Morgan fingerprint density at radius 2 is 1.98 bits per heavy atom. The molecule has 0 bridgehead atoms. The lowest BCUT2D eigenvalue weighted by Gasteiger charge is -2.30. The van der Waals surface area contributed by atoms with Gasteiger partial charge < -0.3 is 5.32 Å². The van der Waals surface area contributed by atoms with Crippen LogP contribution in [0.15, 0.2) is 138 Å². The van der Waals surface area contributed by atoms with Gasteiger partial charge in [-0.3, -0.25) is 0 Å². The predicted octanol–water partition coefficient (Wildman–Crippen LogP) is 11.7. The second-order valence-corrected chi connectivity index (χ2v) is 14.1. The van der Waals surface area contributed by atoms with Crippen LogP contribution in [0.25, 0.3) is 11.1 Å². The van der Waals surface area contributed by atoms with Gasteiger partial charge in [-0.2, -0.15) is 0 Å². The monoisotopic (exact) mass is 699 g/mol. The Balaban J connectivity index is 1.48. The van der Waals surface area contributed by atoms with Crippen LogP contribution in [0.1, 0.15) is 63.1 Å². The maximum absolute atomic E-state index is 4.40. The van der Waals surface area contributed by atoms with Crippen molar-refractivity contribution in [3.05, 3.63) is 150 Å². The van der Waals surface area contributed by atoms with E-state index in [9.17, 15) is 0 Å². The van der Waals surface area contributed by atoms with Gasteiger partial charge in [0.25, 0.3) is 0 Å². The number of halogens is 1. The van der Waals surface area contributed by atoms with Crippen LogP contribution in [-0.4, -0.2) is 9.68 Å². The van der Waals surface area contributed by atoms with Gasteiger partial charge in [-0.25, -0.2) is 0 Å². The van der Waals surface area contributed by atoms with Gasteiger partial charge >= 0.3 is 0 Å². The highest BCUT2D eigenvalue weighted by Crippen LogP contribution is 2.35. The van der Waals surface area contributed by atoms with Crippen molar-refractivity contribution >= 4 is 45.5 Å². The number of thioether (sulfide) groups is 1. The lowest BCUT2D eigenvalue weighted by atomic mass is 9.79. The summed E-state index contributed by atoms with van der Waals surface area (Å²) >= 11 is 4.40. The molecule has 0 saturated carbocycles.